The Hall–Kier alpha value is -1.18. The Balaban J connectivity index is 0.00000180. The fourth-order valence-corrected chi connectivity index (χ4v) is 2.25. The molecule has 8 heteroatoms. The van der Waals surface area contributed by atoms with E-state index in [9.17, 15) is 4.79 Å². The lowest BCUT2D eigenvalue weighted by molar-refractivity contribution is -0.131. The zero-order valence-electron chi connectivity index (χ0n) is 11.1. The molecule has 0 saturated carbocycles. The molecule has 19 heavy (non-hydrogen) atoms. The molecule has 0 aliphatic carbocycles. The molecule has 1 amide bonds. The SMILES string of the molecule is CC(C)C1C(=O)NCCN1Cc1noc(CN)n1.Cl. The number of carbonyl (C=O) groups excluding carboxylic acids is 1. The number of amides is 1. The number of aromatic nitrogens is 2. The monoisotopic (exact) mass is 289 g/mol. The van der Waals surface area contributed by atoms with E-state index < -0.39 is 0 Å². The second-order valence-corrected chi connectivity index (χ2v) is 4.76. The highest BCUT2D eigenvalue weighted by molar-refractivity contribution is 5.85. The van der Waals surface area contributed by atoms with Gasteiger partial charge in [0.15, 0.2) is 5.82 Å². The van der Waals surface area contributed by atoms with E-state index in [0.717, 1.165) is 6.54 Å². The van der Waals surface area contributed by atoms with Crippen molar-refractivity contribution in [1.82, 2.24) is 20.4 Å². The molecule has 1 aliphatic rings. The van der Waals surface area contributed by atoms with Gasteiger partial charge in [0, 0.05) is 13.1 Å². The van der Waals surface area contributed by atoms with Crippen LogP contribution in [-0.2, 0) is 17.9 Å². The van der Waals surface area contributed by atoms with Gasteiger partial charge in [0.1, 0.15) is 0 Å². The van der Waals surface area contributed by atoms with Crippen LogP contribution in [0.4, 0.5) is 0 Å². The lowest BCUT2D eigenvalue weighted by atomic mass is 10.00. The van der Waals surface area contributed by atoms with Crippen LogP contribution in [0.5, 0.6) is 0 Å². The van der Waals surface area contributed by atoms with Gasteiger partial charge in [-0.05, 0) is 5.92 Å². The number of nitrogens with one attached hydrogen (secondary N) is 1. The summed E-state index contributed by atoms with van der Waals surface area (Å²) in [5, 5.41) is 6.74. The van der Waals surface area contributed by atoms with Crippen LogP contribution < -0.4 is 11.1 Å². The van der Waals surface area contributed by atoms with Crippen molar-refractivity contribution < 1.29 is 9.32 Å². The molecule has 2 rings (SSSR count). The van der Waals surface area contributed by atoms with Crippen molar-refractivity contribution in [2.45, 2.75) is 33.0 Å². The number of carbonyl (C=O) groups is 1. The van der Waals surface area contributed by atoms with Crippen LogP contribution in [0.25, 0.3) is 0 Å². The van der Waals surface area contributed by atoms with Gasteiger partial charge in [0.05, 0.1) is 19.1 Å². The summed E-state index contributed by atoms with van der Waals surface area (Å²) in [5.74, 6) is 1.31. The molecule has 1 aromatic rings. The number of nitrogens with zero attached hydrogens (tertiary/aromatic N) is 3. The first-order valence-electron chi connectivity index (χ1n) is 6.15. The fraction of sp³-hybridized carbons (Fsp3) is 0.727. The van der Waals surface area contributed by atoms with Crippen molar-refractivity contribution >= 4 is 18.3 Å². The summed E-state index contributed by atoms with van der Waals surface area (Å²) < 4.78 is 4.96. The van der Waals surface area contributed by atoms with Gasteiger partial charge >= 0.3 is 0 Å². The molecular formula is C11H20ClN5O2. The van der Waals surface area contributed by atoms with Crippen molar-refractivity contribution in [3.63, 3.8) is 0 Å². The number of halogens is 1. The summed E-state index contributed by atoms with van der Waals surface area (Å²) in [6.07, 6.45) is 0. The number of hydrogen-bond acceptors (Lipinski definition) is 6. The highest BCUT2D eigenvalue weighted by Gasteiger charge is 2.32. The van der Waals surface area contributed by atoms with Crippen LogP contribution in [0.3, 0.4) is 0 Å². The molecule has 1 unspecified atom stereocenters. The molecule has 108 valence electrons. The first-order valence-corrected chi connectivity index (χ1v) is 6.15. The van der Waals surface area contributed by atoms with Gasteiger partial charge in [0.25, 0.3) is 0 Å². The van der Waals surface area contributed by atoms with Crippen LogP contribution in [0.2, 0.25) is 0 Å². The van der Waals surface area contributed by atoms with Gasteiger partial charge in [0.2, 0.25) is 11.8 Å². The van der Waals surface area contributed by atoms with E-state index >= 15 is 0 Å². The molecule has 3 N–H and O–H groups in total. The minimum absolute atomic E-state index is 0. The molecule has 0 spiro atoms. The number of rotatable bonds is 4. The smallest absolute Gasteiger partial charge is 0.240 e. The summed E-state index contributed by atoms with van der Waals surface area (Å²) in [5.41, 5.74) is 5.42. The Morgan fingerprint density at radius 3 is 2.89 bits per heavy atom. The maximum atomic E-state index is 11.9. The first-order chi connectivity index (χ1) is 8.61. The van der Waals surface area contributed by atoms with Crippen molar-refractivity contribution in [2.75, 3.05) is 13.1 Å². The Bertz CT molecular complexity index is 423. The highest BCUT2D eigenvalue weighted by atomic mass is 35.5. The Morgan fingerprint density at radius 1 is 1.58 bits per heavy atom. The van der Waals surface area contributed by atoms with Crippen molar-refractivity contribution in [3.05, 3.63) is 11.7 Å². The molecule has 1 saturated heterocycles. The van der Waals surface area contributed by atoms with Crippen LogP contribution >= 0.6 is 12.4 Å². The fourth-order valence-electron chi connectivity index (χ4n) is 2.25. The van der Waals surface area contributed by atoms with E-state index in [1.54, 1.807) is 0 Å². The van der Waals surface area contributed by atoms with E-state index in [1.165, 1.54) is 0 Å². The molecular weight excluding hydrogens is 270 g/mol. The normalized spacial score (nSPS) is 20.2. The summed E-state index contributed by atoms with van der Waals surface area (Å²) >= 11 is 0. The predicted octanol–water partition coefficient (Wildman–Crippen LogP) is -0.0935. The zero-order valence-corrected chi connectivity index (χ0v) is 11.9. The molecule has 0 radical (unpaired) electrons. The maximum Gasteiger partial charge on any atom is 0.240 e. The summed E-state index contributed by atoms with van der Waals surface area (Å²) in [6.45, 7) is 6.26. The average Bonchev–Trinajstić information content (AvgIpc) is 2.76. The Labute approximate surface area is 118 Å². The van der Waals surface area contributed by atoms with Crippen molar-refractivity contribution in [2.24, 2.45) is 11.7 Å². The van der Waals surface area contributed by atoms with E-state index in [4.69, 9.17) is 10.3 Å². The highest BCUT2D eigenvalue weighted by Crippen LogP contribution is 2.16. The van der Waals surface area contributed by atoms with Gasteiger partial charge in [-0.25, -0.2) is 0 Å². The molecule has 2 heterocycles. The summed E-state index contributed by atoms with van der Waals surface area (Å²) in [4.78, 5) is 18.1. The molecule has 7 nitrogen and oxygen atoms in total. The third kappa shape index (κ3) is 3.65. The van der Waals surface area contributed by atoms with Crippen LogP contribution in [0.1, 0.15) is 25.6 Å². The molecule has 1 aromatic heterocycles. The molecule has 1 aliphatic heterocycles. The lowest BCUT2D eigenvalue weighted by Crippen LogP contribution is -2.56. The maximum absolute atomic E-state index is 11.9. The summed E-state index contributed by atoms with van der Waals surface area (Å²) in [7, 11) is 0. The summed E-state index contributed by atoms with van der Waals surface area (Å²) in [6, 6.07) is -0.140. The predicted molar refractivity (Wildman–Crippen MR) is 71.5 cm³/mol. The Kier molecular flexibility index (Phi) is 5.71. The topological polar surface area (TPSA) is 97.3 Å². The largest absolute Gasteiger partial charge is 0.353 e. The quantitative estimate of drug-likeness (QED) is 0.804. The average molecular weight is 290 g/mol. The molecule has 0 aromatic carbocycles. The minimum Gasteiger partial charge on any atom is -0.353 e. The van der Waals surface area contributed by atoms with Crippen molar-refractivity contribution in [3.8, 4) is 0 Å². The standard InChI is InChI=1S/C11H19N5O2.ClH/c1-7(2)10-11(17)13-3-4-16(10)6-8-14-9(5-12)18-15-8;/h7,10H,3-6,12H2,1-2H3,(H,13,17);1H. The second-order valence-electron chi connectivity index (χ2n) is 4.76. The van der Waals surface area contributed by atoms with E-state index in [0.29, 0.717) is 24.8 Å². The second kappa shape index (κ2) is 6.83. The van der Waals surface area contributed by atoms with Gasteiger partial charge in [-0.3, -0.25) is 9.69 Å². The first kappa shape index (κ1) is 15.9. The van der Waals surface area contributed by atoms with E-state index in [1.807, 2.05) is 13.8 Å². The molecule has 1 atom stereocenters. The zero-order chi connectivity index (χ0) is 13.1. The lowest BCUT2D eigenvalue weighted by Gasteiger charge is -2.36. The number of hydrogen-bond donors (Lipinski definition) is 2. The third-order valence-corrected chi connectivity index (χ3v) is 3.02. The van der Waals surface area contributed by atoms with Crippen molar-refractivity contribution in [1.29, 1.82) is 0 Å². The number of piperazine rings is 1. The van der Waals surface area contributed by atoms with Gasteiger partial charge < -0.3 is 15.6 Å². The van der Waals surface area contributed by atoms with Crippen LogP contribution in [-0.4, -0.2) is 40.1 Å². The van der Waals surface area contributed by atoms with Crippen LogP contribution in [0, 0.1) is 5.92 Å². The van der Waals surface area contributed by atoms with E-state index in [-0.39, 0.29) is 36.8 Å². The van der Waals surface area contributed by atoms with Gasteiger partial charge in [-0.2, -0.15) is 4.98 Å². The minimum atomic E-state index is -0.140. The van der Waals surface area contributed by atoms with Gasteiger partial charge in [-0.1, -0.05) is 19.0 Å². The Morgan fingerprint density at radius 2 is 2.32 bits per heavy atom. The van der Waals surface area contributed by atoms with Crippen LogP contribution in [0.15, 0.2) is 4.52 Å². The molecule has 0 bridgehead atoms. The third-order valence-electron chi connectivity index (χ3n) is 3.02. The van der Waals surface area contributed by atoms with Gasteiger partial charge in [-0.15, -0.1) is 12.4 Å². The van der Waals surface area contributed by atoms with E-state index in [2.05, 4.69) is 20.4 Å². The number of nitrogens with two attached hydrogens (primary N) is 1. The molecule has 1 fully saturated rings.